The maximum Gasteiger partial charge on any atom is 0.316 e. The Balaban J connectivity index is 1.62. The van der Waals surface area contributed by atoms with Gasteiger partial charge in [-0.25, -0.2) is 4.98 Å². The largest absolute Gasteiger partial charge is 0.497 e. The SMILES string of the molecule is CCn1c(=O)c(=O)[nH]c2cc(C(=O)Nc3nc(-c4ccc(OC)cc4)c(C)s3)ccc21. The number of aryl methyl sites for hydroxylation is 2. The van der Waals surface area contributed by atoms with Gasteiger partial charge >= 0.3 is 11.1 Å². The van der Waals surface area contributed by atoms with Crippen LogP contribution in [0.15, 0.2) is 52.1 Å². The molecule has 0 unspecified atom stereocenters. The summed E-state index contributed by atoms with van der Waals surface area (Å²) in [4.78, 5) is 44.7. The van der Waals surface area contributed by atoms with Crippen LogP contribution in [0.3, 0.4) is 0 Å². The van der Waals surface area contributed by atoms with Crippen molar-refractivity contribution >= 4 is 33.4 Å². The van der Waals surface area contributed by atoms with Gasteiger partial charge in [0.15, 0.2) is 5.13 Å². The number of hydrogen-bond donors (Lipinski definition) is 2. The molecule has 2 aromatic carbocycles. The number of carbonyl (C=O) groups is 1. The summed E-state index contributed by atoms with van der Waals surface area (Å²) in [6.45, 7) is 4.08. The van der Waals surface area contributed by atoms with Crippen molar-refractivity contribution in [3.8, 4) is 17.0 Å². The van der Waals surface area contributed by atoms with E-state index in [1.807, 2.05) is 31.2 Å². The summed E-state index contributed by atoms with van der Waals surface area (Å²) in [7, 11) is 1.61. The van der Waals surface area contributed by atoms with Crippen LogP contribution in [0.1, 0.15) is 22.2 Å². The number of ether oxygens (including phenoxy) is 1. The molecule has 0 bridgehead atoms. The summed E-state index contributed by atoms with van der Waals surface area (Å²) in [5.41, 5.74) is 1.73. The van der Waals surface area contributed by atoms with Crippen molar-refractivity contribution in [1.29, 1.82) is 0 Å². The molecule has 4 rings (SSSR count). The van der Waals surface area contributed by atoms with E-state index < -0.39 is 11.1 Å². The maximum absolute atomic E-state index is 12.8. The van der Waals surface area contributed by atoms with Gasteiger partial charge in [-0.1, -0.05) is 0 Å². The molecule has 1 amide bonds. The zero-order valence-corrected chi connectivity index (χ0v) is 18.0. The van der Waals surface area contributed by atoms with E-state index in [1.54, 1.807) is 32.2 Å². The van der Waals surface area contributed by atoms with Crippen LogP contribution < -0.4 is 21.2 Å². The van der Waals surface area contributed by atoms with E-state index >= 15 is 0 Å². The molecule has 0 fully saturated rings. The van der Waals surface area contributed by atoms with Gasteiger partial charge < -0.3 is 14.3 Å². The van der Waals surface area contributed by atoms with E-state index in [0.717, 1.165) is 21.9 Å². The zero-order chi connectivity index (χ0) is 22.1. The molecule has 2 heterocycles. The van der Waals surface area contributed by atoms with Crippen LogP contribution >= 0.6 is 11.3 Å². The van der Waals surface area contributed by atoms with E-state index in [9.17, 15) is 14.4 Å². The monoisotopic (exact) mass is 436 g/mol. The molecule has 9 heteroatoms. The molecule has 2 aromatic heterocycles. The Morgan fingerprint density at radius 1 is 1.19 bits per heavy atom. The number of thiazole rings is 1. The van der Waals surface area contributed by atoms with Gasteiger partial charge in [0.05, 0.1) is 23.8 Å². The Morgan fingerprint density at radius 3 is 2.61 bits per heavy atom. The molecule has 31 heavy (non-hydrogen) atoms. The molecule has 0 atom stereocenters. The molecule has 8 nitrogen and oxygen atoms in total. The first kappa shape index (κ1) is 20.5. The lowest BCUT2D eigenvalue weighted by Gasteiger charge is -2.08. The number of amides is 1. The maximum atomic E-state index is 12.8. The minimum Gasteiger partial charge on any atom is -0.497 e. The van der Waals surface area contributed by atoms with Crippen LogP contribution in [-0.4, -0.2) is 27.6 Å². The summed E-state index contributed by atoms with van der Waals surface area (Å²) in [5.74, 6) is 0.403. The van der Waals surface area contributed by atoms with Crippen molar-refractivity contribution in [2.24, 2.45) is 0 Å². The molecule has 0 aliphatic heterocycles. The van der Waals surface area contributed by atoms with E-state index in [0.29, 0.717) is 28.3 Å². The van der Waals surface area contributed by atoms with E-state index in [2.05, 4.69) is 15.3 Å². The number of methoxy groups -OCH3 is 1. The van der Waals surface area contributed by atoms with E-state index in [1.165, 1.54) is 15.9 Å². The quantitative estimate of drug-likeness (QED) is 0.467. The number of aromatic nitrogens is 3. The van der Waals surface area contributed by atoms with Crippen molar-refractivity contribution in [2.45, 2.75) is 20.4 Å². The van der Waals surface area contributed by atoms with E-state index in [-0.39, 0.29) is 5.91 Å². The van der Waals surface area contributed by atoms with Crippen molar-refractivity contribution in [1.82, 2.24) is 14.5 Å². The first-order valence-corrected chi connectivity index (χ1v) is 10.4. The summed E-state index contributed by atoms with van der Waals surface area (Å²) in [6, 6.07) is 12.4. The smallest absolute Gasteiger partial charge is 0.316 e. The molecular weight excluding hydrogens is 416 g/mol. The average molecular weight is 436 g/mol. The van der Waals surface area contributed by atoms with Crippen LogP contribution in [0.25, 0.3) is 22.3 Å². The molecule has 0 radical (unpaired) electrons. The Labute approximate surface area is 181 Å². The van der Waals surface area contributed by atoms with Gasteiger partial charge in [-0.2, -0.15) is 0 Å². The second-order valence-electron chi connectivity index (χ2n) is 6.84. The lowest BCUT2D eigenvalue weighted by Crippen LogP contribution is -2.36. The standard InChI is InChI=1S/C22H20N4O4S/c1-4-26-17-10-7-14(11-16(17)23-20(28)21(26)29)19(27)25-22-24-18(12(2)31-22)13-5-8-15(30-3)9-6-13/h5-11H,4H2,1-3H3,(H,23,28)(H,24,25,27). The first-order valence-electron chi connectivity index (χ1n) is 9.61. The second-order valence-corrected chi connectivity index (χ2v) is 8.05. The van der Waals surface area contributed by atoms with Crippen molar-refractivity contribution in [2.75, 3.05) is 12.4 Å². The molecule has 2 N–H and O–H groups in total. The minimum absolute atomic E-state index is 0.350. The van der Waals surface area contributed by atoms with Crippen LogP contribution in [0.5, 0.6) is 5.75 Å². The molecule has 0 saturated heterocycles. The number of rotatable bonds is 5. The predicted octanol–water partition coefficient (Wildman–Crippen LogP) is 3.40. The molecule has 158 valence electrons. The molecular formula is C22H20N4O4S. The van der Waals surface area contributed by atoms with Crippen LogP contribution in [0, 0.1) is 6.92 Å². The summed E-state index contributed by atoms with van der Waals surface area (Å²) in [5, 5.41) is 3.29. The highest BCUT2D eigenvalue weighted by Crippen LogP contribution is 2.31. The van der Waals surface area contributed by atoms with Crippen molar-refractivity contribution in [3.63, 3.8) is 0 Å². The van der Waals surface area contributed by atoms with Crippen LogP contribution in [-0.2, 0) is 6.54 Å². The third-order valence-corrected chi connectivity index (χ3v) is 5.82. The highest BCUT2D eigenvalue weighted by atomic mass is 32.1. The molecule has 4 aromatic rings. The van der Waals surface area contributed by atoms with Gasteiger partial charge in [-0.05, 0) is 56.3 Å². The highest BCUT2D eigenvalue weighted by Gasteiger charge is 2.15. The Hall–Kier alpha value is -3.72. The summed E-state index contributed by atoms with van der Waals surface area (Å²) in [6.07, 6.45) is 0. The molecule has 0 aliphatic rings. The summed E-state index contributed by atoms with van der Waals surface area (Å²) >= 11 is 1.38. The van der Waals surface area contributed by atoms with Crippen LogP contribution in [0.4, 0.5) is 5.13 Å². The van der Waals surface area contributed by atoms with Gasteiger partial charge in [-0.15, -0.1) is 11.3 Å². The third-order valence-electron chi connectivity index (χ3n) is 4.93. The number of hydrogen-bond acceptors (Lipinski definition) is 6. The van der Waals surface area contributed by atoms with Crippen LogP contribution in [0.2, 0.25) is 0 Å². The fourth-order valence-corrected chi connectivity index (χ4v) is 4.20. The lowest BCUT2D eigenvalue weighted by atomic mass is 10.1. The zero-order valence-electron chi connectivity index (χ0n) is 17.2. The minimum atomic E-state index is -0.716. The molecule has 0 saturated carbocycles. The predicted molar refractivity (Wildman–Crippen MR) is 121 cm³/mol. The Kier molecular flexibility index (Phi) is 5.43. The lowest BCUT2D eigenvalue weighted by molar-refractivity contribution is 0.102. The first-order chi connectivity index (χ1) is 14.9. The number of nitrogens with zero attached hydrogens (tertiary/aromatic N) is 2. The van der Waals surface area contributed by atoms with Crippen molar-refractivity contribution < 1.29 is 9.53 Å². The number of H-pyrrole nitrogens is 1. The Morgan fingerprint density at radius 2 is 1.94 bits per heavy atom. The van der Waals surface area contributed by atoms with Gasteiger partial charge in [0.1, 0.15) is 5.75 Å². The van der Waals surface area contributed by atoms with Gasteiger partial charge in [-0.3, -0.25) is 19.7 Å². The number of nitrogens with one attached hydrogen (secondary N) is 2. The van der Waals surface area contributed by atoms with E-state index in [4.69, 9.17) is 4.74 Å². The number of fused-ring (bicyclic) bond motifs is 1. The highest BCUT2D eigenvalue weighted by molar-refractivity contribution is 7.16. The number of anilines is 1. The Bertz CT molecular complexity index is 1400. The van der Waals surface area contributed by atoms with Crippen molar-refractivity contribution in [3.05, 3.63) is 73.6 Å². The molecule has 0 aliphatic carbocycles. The molecule has 0 spiro atoms. The fourth-order valence-electron chi connectivity index (χ4n) is 3.37. The summed E-state index contributed by atoms with van der Waals surface area (Å²) < 4.78 is 6.56. The van der Waals surface area contributed by atoms with Gasteiger partial charge in [0.2, 0.25) is 0 Å². The second kappa shape index (κ2) is 8.19. The fraction of sp³-hybridized carbons (Fsp3) is 0.182. The number of carbonyl (C=O) groups excluding carboxylic acids is 1. The topological polar surface area (TPSA) is 106 Å². The number of benzene rings is 2. The van der Waals surface area contributed by atoms with Gasteiger partial charge in [0.25, 0.3) is 5.91 Å². The third kappa shape index (κ3) is 3.87. The number of aromatic amines is 1. The van der Waals surface area contributed by atoms with Gasteiger partial charge in [0, 0.05) is 22.5 Å². The normalized spacial score (nSPS) is 10.9. The average Bonchev–Trinajstić information content (AvgIpc) is 3.14.